The number of rotatable bonds is 0. The van der Waals surface area contributed by atoms with Gasteiger partial charge in [0.25, 0.3) is 0 Å². The van der Waals surface area contributed by atoms with E-state index in [2.05, 4.69) is 31.8 Å². The van der Waals surface area contributed by atoms with Crippen LogP contribution in [-0.2, 0) is 0 Å². The summed E-state index contributed by atoms with van der Waals surface area (Å²) in [6.07, 6.45) is 0. The highest BCUT2D eigenvalue weighted by Crippen LogP contribution is 1.87. The summed E-state index contributed by atoms with van der Waals surface area (Å²) in [6.45, 7) is 0. The Kier molecular flexibility index (Phi) is 4.78. The highest BCUT2D eigenvalue weighted by Gasteiger charge is 1.36. The van der Waals surface area contributed by atoms with Gasteiger partial charge in [-0.25, -0.2) is 0 Å². The van der Waals surface area contributed by atoms with Crippen molar-refractivity contribution >= 4 is 31.8 Å². The van der Waals surface area contributed by atoms with Gasteiger partial charge in [-0.05, 0) is 4.08 Å². The van der Waals surface area contributed by atoms with Crippen LogP contribution in [-0.4, -0.2) is 0 Å². The van der Waals surface area contributed by atoms with E-state index < -0.39 is 0 Å². The molecule has 0 aromatic rings. The minimum absolute atomic E-state index is 1.90. The first kappa shape index (κ1) is 4.90. The SMILES string of the molecule is P/C=C\I. The maximum absolute atomic E-state index is 2.47. The lowest BCUT2D eigenvalue weighted by Gasteiger charge is -1.47. The predicted octanol–water partition coefficient (Wildman–Crippen LogP) is 1.77. The van der Waals surface area contributed by atoms with E-state index in [1.54, 1.807) is 0 Å². The predicted molar refractivity (Wildman–Crippen MR) is 32.9 cm³/mol. The van der Waals surface area contributed by atoms with Gasteiger partial charge in [0.15, 0.2) is 0 Å². The maximum Gasteiger partial charge on any atom is -0.0234 e. The van der Waals surface area contributed by atoms with Crippen LogP contribution < -0.4 is 0 Å². The van der Waals surface area contributed by atoms with E-state index in [1.165, 1.54) is 0 Å². The molecule has 0 heterocycles. The summed E-state index contributed by atoms with van der Waals surface area (Å²) < 4.78 is 1.93. The topological polar surface area (TPSA) is 0 Å². The zero-order valence-corrected chi connectivity index (χ0v) is 5.42. The molecule has 0 aliphatic carbocycles. The molecule has 0 aliphatic rings. The van der Waals surface area contributed by atoms with Gasteiger partial charge in [0.05, 0.1) is 0 Å². The molecule has 0 fully saturated rings. The largest absolute Gasteiger partial charge is 0.113 e. The molecule has 24 valence electrons. The van der Waals surface area contributed by atoms with Crippen molar-refractivity contribution in [3.63, 3.8) is 0 Å². The molecule has 0 aromatic carbocycles. The normalized spacial score (nSPS) is 9.50. The molecule has 0 aliphatic heterocycles. The molecule has 0 rings (SSSR count). The van der Waals surface area contributed by atoms with E-state index >= 15 is 0 Å². The second-order valence-electron chi connectivity index (χ2n) is 0.318. The first-order chi connectivity index (χ1) is 1.91. The molecule has 1 unspecified atom stereocenters. The molecular weight excluding hydrogens is 182 g/mol. The molecule has 0 N–H and O–H groups in total. The van der Waals surface area contributed by atoms with Crippen molar-refractivity contribution in [1.82, 2.24) is 0 Å². The monoisotopic (exact) mass is 186 g/mol. The molecule has 0 saturated heterocycles. The molecule has 1 atom stereocenters. The van der Waals surface area contributed by atoms with Crippen molar-refractivity contribution < 1.29 is 0 Å². The van der Waals surface area contributed by atoms with Crippen molar-refractivity contribution in [1.29, 1.82) is 0 Å². The number of hydrogen-bond donors (Lipinski definition) is 0. The average Bonchev–Trinajstić information content (AvgIpc) is 1.37. The van der Waals surface area contributed by atoms with Gasteiger partial charge >= 0.3 is 0 Å². The zero-order valence-electron chi connectivity index (χ0n) is 2.11. The van der Waals surface area contributed by atoms with Crippen LogP contribution in [0.3, 0.4) is 0 Å². The standard InChI is InChI=1S/C2H4IP/c3-1-2-4/h1-2H,4H2/b2-1-. The summed E-state index contributed by atoms with van der Waals surface area (Å²) in [6, 6.07) is 0. The molecule has 0 bridgehead atoms. The molecule has 4 heavy (non-hydrogen) atoms. The van der Waals surface area contributed by atoms with Crippen LogP contribution in [0.5, 0.6) is 0 Å². The Morgan fingerprint density at radius 3 is 2.00 bits per heavy atom. The van der Waals surface area contributed by atoms with E-state index in [0.717, 1.165) is 0 Å². The average molecular weight is 186 g/mol. The quantitative estimate of drug-likeness (QED) is 0.399. The summed E-state index contributed by atoms with van der Waals surface area (Å²) in [5.74, 6) is 1.90. The van der Waals surface area contributed by atoms with Gasteiger partial charge in [0.2, 0.25) is 0 Å². The fraction of sp³-hybridized carbons (Fsp3) is 0. The van der Waals surface area contributed by atoms with Gasteiger partial charge < -0.3 is 0 Å². The van der Waals surface area contributed by atoms with E-state index in [0.29, 0.717) is 0 Å². The summed E-state index contributed by atoms with van der Waals surface area (Å²) in [5.41, 5.74) is 0. The molecular formula is C2H4IP. The van der Waals surface area contributed by atoms with Gasteiger partial charge in [-0.15, -0.1) is 9.24 Å². The zero-order chi connectivity index (χ0) is 3.41. The van der Waals surface area contributed by atoms with Crippen molar-refractivity contribution in [2.45, 2.75) is 0 Å². The third-order valence-corrected chi connectivity index (χ3v) is 1.46. The Labute approximate surface area is 42.0 Å². The van der Waals surface area contributed by atoms with Crippen molar-refractivity contribution in [3.05, 3.63) is 9.90 Å². The Bertz CT molecular complexity index is 21.2. The van der Waals surface area contributed by atoms with Crippen molar-refractivity contribution in [2.24, 2.45) is 0 Å². The lowest BCUT2D eigenvalue weighted by Crippen LogP contribution is -1.07. The number of halogens is 1. The van der Waals surface area contributed by atoms with E-state index in [9.17, 15) is 0 Å². The first-order valence-electron chi connectivity index (χ1n) is 0.885. The second-order valence-corrected chi connectivity index (χ2v) is 1.42. The second kappa shape index (κ2) is 3.90. The molecule has 0 radical (unpaired) electrons. The first-order valence-corrected chi connectivity index (χ1v) is 2.80. The van der Waals surface area contributed by atoms with Crippen LogP contribution in [0.2, 0.25) is 0 Å². The lowest BCUT2D eigenvalue weighted by atomic mass is 11.3. The summed E-state index contributed by atoms with van der Waals surface area (Å²) in [4.78, 5) is 0. The van der Waals surface area contributed by atoms with E-state index in [4.69, 9.17) is 0 Å². The third-order valence-electron chi connectivity index (χ3n) is 0.0727. The summed E-state index contributed by atoms with van der Waals surface area (Å²) in [7, 11) is 2.47. The van der Waals surface area contributed by atoms with Crippen molar-refractivity contribution in [3.8, 4) is 0 Å². The highest BCUT2D eigenvalue weighted by atomic mass is 127. The van der Waals surface area contributed by atoms with Gasteiger partial charge in [-0.3, -0.25) is 0 Å². The van der Waals surface area contributed by atoms with Gasteiger partial charge in [-0.2, -0.15) is 0 Å². The molecule has 2 heteroatoms. The Balaban J connectivity index is 2.55. The fourth-order valence-electron chi connectivity index (χ4n) is 0. The maximum atomic E-state index is 2.47. The minimum atomic E-state index is 1.90. The number of hydrogen-bond acceptors (Lipinski definition) is 0. The Morgan fingerprint density at radius 2 is 2.00 bits per heavy atom. The molecule has 0 nitrogen and oxygen atoms in total. The molecule has 0 amide bonds. The van der Waals surface area contributed by atoms with Gasteiger partial charge in [0.1, 0.15) is 0 Å². The van der Waals surface area contributed by atoms with Gasteiger partial charge in [0, 0.05) is 0 Å². The fourth-order valence-corrected chi connectivity index (χ4v) is 0. The minimum Gasteiger partial charge on any atom is -0.113 e. The Hall–Kier alpha value is 0.900. The Morgan fingerprint density at radius 1 is 1.75 bits per heavy atom. The summed E-state index contributed by atoms with van der Waals surface area (Å²) in [5, 5.41) is 0. The van der Waals surface area contributed by atoms with Crippen LogP contribution in [0.25, 0.3) is 0 Å². The van der Waals surface area contributed by atoms with Crippen LogP contribution in [0.4, 0.5) is 0 Å². The molecule has 0 aromatic heterocycles. The van der Waals surface area contributed by atoms with E-state index in [-0.39, 0.29) is 0 Å². The molecule has 0 saturated carbocycles. The third kappa shape index (κ3) is 2.90. The van der Waals surface area contributed by atoms with Crippen molar-refractivity contribution in [2.75, 3.05) is 0 Å². The van der Waals surface area contributed by atoms with Gasteiger partial charge in [-0.1, -0.05) is 28.4 Å². The highest BCUT2D eigenvalue weighted by molar-refractivity contribution is 14.1. The van der Waals surface area contributed by atoms with Crippen LogP contribution in [0.15, 0.2) is 9.90 Å². The lowest BCUT2D eigenvalue weighted by molar-refractivity contribution is 2.64. The smallest absolute Gasteiger partial charge is 0.0234 e. The van der Waals surface area contributed by atoms with Crippen LogP contribution >= 0.6 is 31.8 Å². The van der Waals surface area contributed by atoms with Crippen LogP contribution in [0, 0.1) is 0 Å². The van der Waals surface area contributed by atoms with E-state index in [1.807, 2.05) is 9.90 Å². The van der Waals surface area contributed by atoms with Crippen LogP contribution in [0.1, 0.15) is 0 Å². The summed E-state index contributed by atoms with van der Waals surface area (Å²) >= 11 is 2.15. The molecule has 0 spiro atoms.